The second-order valence-corrected chi connectivity index (χ2v) is 12.3. The number of nitriles is 1. The largest absolute Gasteiger partial charge is 0.493 e. The summed E-state index contributed by atoms with van der Waals surface area (Å²) in [6.07, 6.45) is 7.22. The Labute approximate surface area is 234 Å². The van der Waals surface area contributed by atoms with Crippen molar-refractivity contribution in [3.05, 3.63) is 45.6 Å². The van der Waals surface area contributed by atoms with E-state index in [0.29, 0.717) is 38.9 Å². The molecule has 0 radical (unpaired) electrons. The Hall–Kier alpha value is -3.12. The van der Waals surface area contributed by atoms with Gasteiger partial charge in [0.1, 0.15) is 0 Å². The number of esters is 1. The number of methoxy groups -OCH3 is 2. The Morgan fingerprint density at radius 3 is 2.31 bits per heavy atom. The van der Waals surface area contributed by atoms with E-state index in [2.05, 4.69) is 16.7 Å². The molecule has 208 valence electrons. The molecule has 9 heteroatoms. The normalized spacial score (nSPS) is 29.0. The highest BCUT2D eigenvalue weighted by Gasteiger charge is 2.51. The molecule has 8 nitrogen and oxygen atoms in total. The Balaban J connectivity index is 1.40. The molecule has 4 fully saturated rings. The number of nitrogens with zero attached hydrogens (tertiary/aromatic N) is 1. The number of hydrogen-bond donors (Lipinski definition) is 2. The third-order valence-corrected chi connectivity index (χ3v) is 9.69. The number of hydrogen-bond acceptors (Lipinski definition) is 8. The van der Waals surface area contributed by atoms with Crippen LogP contribution in [0.25, 0.3) is 0 Å². The van der Waals surface area contributed by atoms with E-state index in [4.69, 9.17) is 14.2 Å². The Bertz CT molecular complexity index is 1230. The maximum absolute atomic E-state index is 13.2. The number of nitrogens with one attached hydrogen (secondary N) is 2. The van der Waals surface area contributed by atoms with Gasteiger partial charge in [-0.2, -0.15) is 5.26 Å². The first kappa shape index (κ1) is 27.4. The molecule has 0 saturated heterocycles. The van der Waals surface area contributed by atoms with Gasteiger partial charge in [-0.3, -0.25) is 4.79 Å². The molecule has 5 aliphatic rings. The zero-order valence-electron chi connectivity index (χ0n) is 23.1. The van der Waals surface area contributed by atoms with Gasteiger partial charge in [-0.1, -0.05) is 17.8 Å². The average molecular weight is 552 g/mol. The molecule has 1 aromatic carbocycles. The molecule has 4 aliphatic carbocycles. The predicted molar refractivity (Wildman–Crippen MR) is 149 cm³/mol. The lowest BCUT2D eigenvalue weighted by Gasteiger charge is -2.56. The molecular formula is C30H37N3O5S. The minimum absolute atomic E-state index is 0.00553. The SMILES string of the molecule is CCOC(=O)C1=C(C)NC(SCC(=O)NC23CC4CC(CC(C4)C2)C3)=C(C#N)C1c1ccc(OC)c(OC)c1. The van der Waals surface area contributed by atoms with Gasteiger partial charge < -0.3 is 24.8 Å². The molecule has 0 aromatic heterocycles. The van der Waals surface area contributed by atoms with Gasteiger partial charge in [-0.25, -0.2) is 4.79 Å². The minimum Gasteiger partial charge on any atom is -0.493 e. The van der Waals surface area contributed by atoms with Crippen LogP contribution in [0.3, 0.4) is 0 Å². The van der Waals surface area contributed by atoms with Crippen molar-refractivity contribution in [1.29, 1.82) is 5.26 Å². The van der Waals surface area contributed by atoms with E-state index in [1.54, 1.807) is 40.2 Å². The minimum atomic E-state index is -0.677. The molecule has 1 heterocycles. The van der Waals surface area contributed by atoms with Gasteiger partial charge in [-0.15, -0.1) is 0 Å². The quantitative estimate of drug-likeness (QED) is 0.422. The van der Waals surface area contributed by atoms with Crippen molar-refractivity contribution < 1.29 is 23.8 Å². The van der Waals surface area contributed by atoms with Gasteiger partial charge >= 0.3 is 5.97 Å². The zero-order chi connectivity index (χ0) is 27.7. The van der Waals surface area contributed by atoms with Crippen LogP contribution in [0.15, 0.2) is 40.1 Å². The van der Waals surface area contributed by atoms with Crippen molar-refractivity contribution >= 4 is 23.6 Å². The summed E-state index contributed by atoms with van der Waals surface area (Å²) in [6.45, 7) is 3.76. The van der Waals surface area contributed by atoms with Gasteiger partial charge in [0.05, 0.1) is 54.7 Å². The monoisotopic (exact) mass is 551 g/mol. The van der Waals surface area contributed by atoms with E-state index < -0.39 is 11.9 Å². The summed E-state index contributed by atoms with van der Waals surface area (Å²) in [5.41, 5.74) is 1.96. The van der Waals surface area contributed by atoms with Gasteiger partial charge in [-0.05, 0) is 87.8 Å². The number of thioether (sulfide) groups is 1. The number of rotatable bonds is 9. The summed E-state index contributed by atoms with van der Waals surface area (Å²) in [5, 5.41) is 17.5. The third kappa shape index (κ3) is 5.36. The van der Waals surface area contributed by atoms with Crippen molar-refractivity contribution in [3.63, 3.8) is 0 Å². The molecule has 1 aliphatic heterocycles. The number of amides is 1. The lowest BCUT2D eigenvalue weighted by molar-refractivity contribution is -0.138. The molecule has 39 heavy (non-hydrogen) atoms. The Morgan fingerprint density at radius 1 is 1.10 bits per heavy atom. The summed E-state index contributed by atoms with van der Waals surface area (Å²) in [5.74, 6) is 2.30. The number of carbonyl (C=O) groups excluding carboxylic acids is 2. The summed E-state index contributed by atoms with van der Waals surface area (Å²) in [4.78, 5) is 26.3. The van der Waals surface area contributed by atoms with Crippen LogP contribution in [0.4, 0.5) is 0 Å². The number of allylic oxidation sites excluding steroid dienone is 2. The van der Waals surface area contributed by atoms with Crippen molar-refractivity contribution in [3.8, 4) is 17.6 Å². The smallest absolute Gasteiger partial charge is 0.336 e. The fraction of sp³-hybridized carbons (Fsp3) is 0.567. The Morgan fingerprint density at radius 2 is 1.74 bits per heavy atom. The zero-order valence-corrected chi connectivity index (χ0v) is 23.9. The molecule has 1 atom stereocenters. The van der Waals surface area contributed by atoms with Crippen LogP contribution >= 0.6 is 11.8 Å². The van der Waals surface area contributed by atoms with Crippen molar-refractivity contribution in [1.82, 2.24) is 10.6 Å². The van der Waals surface area contributed by atoms with E-state index >= 15 is 0 Å². The summed E-state index contributed by atoms with van der Waals surface area (Å²) in [6, 6.07) is 7.68. The lowest BCUT2D eigenvalue weighted by atomic mass is 9.53. The van der Waals surface area contributed by atoms with Crippen LogP contribution in [0, 0.1) is 29.1 Å². The van der Waals surface area contributed by atoms with Crippen molar-refractivity contribution in [2.45, 2.75) is 63.8 Å². The highest BCUT2D eigenvalue weighted by Crippen LogP contribution is 2.55. The Kier molecular flexibility index (Phi) is 7.86. The van der Waals surface area contributed by atoms with E-state index in [0.717, 1.165) is 37.0 Å². The fourth-order valence-corrected chi connectivity index (χ4v) is 8.50. The van der Waals surface area contributed by atoms with Crippen LogP contribution in [-0.2, 0) is 14.3 Å². The van der Waals surface area contributed by atoms with E-state index in [-0.39, 0.29) is 23.8 Å². The number of carbonyl (C=O) groups is 2. The molecule has 1 aromatic rings. The summed E-state index contributed by atoms with van der Waals surface area (Å²) in [7, 11) is 3.10. The topological polar surface area (TPSA) is 110 Å². The number of benzene rings is 1. The third-order valence-electron chi connectivity index (χ3n) is 8.67. The first-order chi connectivity index (χ1) is 18.8. The van der Waals surface area contributed by atoms with Crippen LogP contribution in [0.1, 0.15) is 63.9 Å². The fourth-order valence-electron chi connectivity index (χ4n) is 7.60. The van der Waals surface area contributed by atoms with Crippen LogP contribution in [-0.4, -0.2) is 44.0 Å². The first-order valence-corrected chi connectivity index (χ1v) is 14.7. The molecule has 4 saturated carbocycles. The second-order valence-electron chi connectivity index (χ2n) is 11.3. The molecule has 6 rings (SSSR count). The van der Waals surface area contributed by atoms with Crippen LogP contribution in [0.5, 0.6) is 11.5 Å². The van der Waals surface area contributed by atoms with Gasteiger partial charge in [0.2, 0.25) is 5.91 Å². The van der Waals surface area contributed by atoms with Crippen LogP contribution < -0.4 is 20.1 Å². The van der Waals surface area contributed by atoms with Crippen molar-refractivity contribution in [2.75, 3.05) is 26.6 Å². The average Bonchev–Trinajstić information content (AvgIpc) is 2.90. The first-order valence-electron chi connectivity index (χ1n) is 13.7. The highest BCUT2D eigenvalue weighted by atomic mass is 32.2. The molecule has 1 unspecified atom stereocenters. The van der Waals surface area contributed by atoms with Gasteiger partial charge in [0.25, 0.3) is 0 Å². The maximum Gasteiger partial charge on any atom is 0.336 e. The molecule has 1 amide bonds. The van der Waals surface area contributed by atoms with Gasteiger partial charge in [0.15, 0.2) is 11.5 Å². The molecule has 0 spiro atoms. The molecule has 2 N–H and O–H groups in total. The number of dihydropyridines is 1. The molecular weight excluding hydrogens is 514 g/mol. The second kappa shape index (κ2) is 11.2. The van der Waals surface area contributed by atoms with Crippen LogP contribution in [0.2, 0.25) is 0 Å². The highest BCUT2D eigenvalue weighted by molar-refractivity contribution is 8.03. The number of ether oxygens (including phenoxy) is 3. The van der Waals surface area contributed by atoms with Gasteiger partial charge in [0, 0.05) is 11.2 Å². The maximum atomic E-state index is 13.2. The standard InChI is InChI=1S/C30H37N3O5S/c1-5-38-29(35)26-17(2)32-28(22(15-31)27(26)21-6-7-23(36-3)24(11-21)37-4)39-16-25(34)33-30-12-18-8-19(13-30)10-20(9-18)14-30/h6-7,11,18-20,27,32H,5,8-10,12-14,16H2,1-4H3,(H,33,34). The lowest BCUT2D eigenvalue weighted by Crippen LogP contribution is -2.60. The van der Waals surface area contributed by atoms with E-state index in [1.807, 2.05) is 6.07 Å². The summed E-state index contributed by atoms with van der Waals surface area (Å²) >= 11 is 1.31. The molecule has 4 bridgehead atoms. The van der Waals surface area contributed by atoms with Crippen molar-refractivity contribution in [2.24, 2.45) is 17.8 Å². The predicted octanol–water partition coefficient (Wildman–Crippen LogP) is 4.78. The van der Waals surface area contributed by atoms with E-state index in [1.165, 1.54) is 31.0 Å². The van der Waals surface area contributed by atoms with E-state index in [9.17, 15) is 14.9 Å². The summed E-state index contributed by atoms with van der Waals surface area (Å²) < 4.78 is 16.3.